The van der Waals surface area contributed by atoms with Crippen molar-refractivity contribution in [2.45, 2.75) is 51.9 Å². The van der Waals surface area contributed by atoms with E-state index in [1.165, 1.54) is 30.6 Å². The van der Waals surface area contributed by atoms with Gasteiger partial charge in [0.2, 0.25) is 0 Å². The van der Waals surface area contributed by atoms with Crippen molar-refractivity contribution >= 4 is 34.5 Å². The molecular weight excluding hydrogens is 268 g/mol. The molecule has 1 heterocycles. The fraction of sp³-hybridized carbons (Fsp3) is 0.571. The molecule has 0 atom stereocenters. The lowest BCUT2D eigenvalue weighted by atomic mass is 10.1. The van der Waals surface area contributed by atoms with Crippen LogP contribution in [0.4, 0.5) is 0 Å². The van der Waals surface area contributed by atoms with Crippen molar-refractivity contribution < 1.29 is 9.59 Å². The molecule has 0 saturated heterocycles. The summed E-state index contributed by atoms with van der Waals surface area (Å²) in [5.41, 5.74) is 0. The summed E-state index contributed by atoms with van der Waals surface area (Å²) in [4.78, 5) is 23.9. The summed E-state index contributed by atoms with van der Waals surface area (Å²) in [5, 5.41) is 0. The molecule has 0 unspecified atom stereocenters. The van der Waals surface area contributed by atoms with Crippen LogP contribution in [0.1, 0.15) is 61.5 Å². The Kier molecular flexibility index (Phi) is 7.21. The van der Waals surface area contributed by atoms with Crippen LogP contribution in [0.15, 0.2) is 12.1 Å². The van der Waals surface area contributed by atoms with Gasteiger partial charge in [-0.3, -0.25) is 9.59 Å². The van der Waals surface area contributed by atoms with Crippen molar-refractivity contribution in [2.75, 3.05) is 0 Å². The Hall–Kier alpha value is -0.670. The molecule has 0 aliphatic carbocycles. The number of ketones is 2. The predicted molar refractivity (Wildman–Crippen MR) is 76.7 cm³/mol. The van der Waals surface area contributed by atoms with Gasteiger partial charge in [-0.1, -0.05) is 44.2 Å². The lowest BCUT2D eigenvalue weighted by Gasteiger charge is -2.00. The first kappa shape index (κ1) is 15.4. The van der Waals surface area contributed by atoms with Gasteiger partial charge >= 0.3 is 0 Å². The molecule has 0 radical (unpaired) electrons. The van der Waals surface area contributed by atoms with E-state index in [1.807, 2.05) is 0 Å². The van der Waals surface area contributed by atoms with Crippen LogP contribution >= 0.6 is 22.9 Å². The zero-order chi connectivity index (χ0) is 13.4. The minimum absolute atomic E-state index is 0.0185. The van der Waals surface area contributed by atoms with Crippen LogP contribution < -0.4 is 0 Å². The van der Waals surface area contributed by atoms with E-state index in [0.29, 0.717) is 15.6 Å². The topological polar surface area (TPSA) is 34.1 Å². The molecular formula is C14H19ClO2S. The second kappa shape index (κ2) is 8.44. The number of hydrogen-bond donors (Lipinski definition) is 0. The molecule has 1 aromatic heterocycles. The van der Waals surface area contributed by atoms with Gasteiger partial charge in [-0.25, -0.2) is 0 Å². The van der Waals surface area contributed by atoms with Gasteiger partial charge in [-0.05, 0) is 18.6 Å². The van der Waals surface area contributed by atoms with Crippen LogP contribution in [-0.4, -0.2) is 11.6 Å². The number of thiophene rings is 1. The third-order valence-corrected chi connectivity index (χ3v) is 4.04. The zero-order valence-corrected chi connectivity index (χ0v) is 12.3. The smallest absolute Gasteiger partial charge is 0.180 e. The lowest BCUT2D eigenvalue weighted by molar-refractivity contribution is -0.118. The van der Waals surface area contributed by atoms with Crippen molar-refractivity contribution in [3.8, 4) is 0 Å². The van der Waals surface area contributed by atoms with E-state index in [-0.39, 0.29) is 18.0 Å². The summed E-state index contributed by atoms with van der Waals surface area (Å²) in [6.45, 7) is 2.16. The normalized spacial score (nSPS) is 10.6. The average Bonchev–Trinajstić information content (AvgIpc) is 2.75. The standard InChI is InChI=1S/C14H19ClO2S/c1-2-3-4-5-6-7-11(16)10-12(17)13-8-9-14(15)18-13/h8-9H,2-7,10H2,1H3. The molecule has 0 aliphatic heterocycles. The maximum atomic E-state index is 11.7. The quantitative estimate of drug-likeness (QED) is 0.367. The summed E-state index contributed by atoms with van der Waals surface area (Å²) in [7, 11) is 0. The van der Waals surface area contributed by atoms with Gasteiger partial charge in [0.1, 0.15) is 5.78 Å². The van der Waals surface area contributed by atoms with Crippen LogP contribution in [0.25, 0.3) is 0 Å². The van der Waals surface area contributed by atoms with E-state index in [2.05, 4.69) is 6.92 Å². The van der Waals surface area contributed by atoms with E-state index >= 15 is 0 Å². The Bertz CT molecular complexity index is 398. The van der Waals surface area contributed by atoms with Crippen LogP contribution in [-0.2, 0) is 4.79 Å². The SMILES string of the molecule is CCCCCCCC(=O)CC(=O)c1ccc(Cl)s1. The van der Waals surface area contributed by atoms with Crippen molar-refractivity contribution in [3.05, 3.63) is 21.3 Å². The highest BCUT2D eigenvalue weighted by molar-refractivity contribution is 7.18. The molecule has 4 heteroatoms. The number of unbranched alkanes of at least 4 members (excludes halogenated alkanes) is 4. The first-order valence-corrected chi connectivity index (χ1v) is 7.63. The number of Topliss-reactive ketones (excluding diaryl/α,β-unsaturated/α-hetero) is 2. The molecule has 1 rings (SSSR count). The van der Waals surface area contributed by atoms with E-state index in [0.717, 1.165) is 12.8 Å². The summed E-state index contributed by atoms with van der Waals surface area (Å²) in [6, 6.07) is 3.37. The van der Waals surface area contributed by atoms with E-state index < -0.39 is 0 Å². The molecule has 0 bridgehead atoms. The van der Waals surface area contributed by atoms with Crippen molar-refractivity contribution in [2.24, 2.45) is 0 Å². The second-order valence-corrected chi connectivity index (χ2v) is 6.12. The first-order valence-electron chi connectivity index (χ1n) is 6.43. The maximum absolute atomic E-state index is 11.7. The molecule has 0 aliphatic rings. The monoisotopic (exact) mass is 286 g/mol. The molecule has 2 nitrogen and oxygen atoms in total. The molecule has 1 aromatic rings. The van der Waals surface area contributed by atoms with Crippen LogP contribution in [0.2, 0.25) is 4.34 Å². The van der Waals surface area contributed by atoms with Gasteiger partial charge < -0.3 is 0 Å². The van der Waals surface area contributed by atoms with Gasteiger partial charge in [0.15, 0.2) is 5.78 Å². The second-order valence-electron chi connectivity index (χ2n) is 4.41. The molecule has 0 saturated carbocycles. The summed E-state index contributed by atoms with van der Waals surface area (Å²) in [6.07, 6.45) is 6.12. The Morgan fingerprint density at radius 1 is 1.17 bits per heavy atom. The van der Waals surface area contributed by atoms with Gasteiger partial charge in [-0.2, -0.15) is 0 Å². The molecule has 0 fully saturated rings. The highest BCUT2D eigenvalue weighted by Crippen LogP contribution is 2.22. The summed E-state index contributed by atoms with van der Waals surface area (Å²) >= 11 is 6.99. The third-order valence-electron chi connectivity index (χ3n) is 2.76. The average molecular weight is 287 g/mol. The minimum Gasteiger partial charge on any atom is -0.299 e. The largest absolute Gasteiger partial charge is 0.299 e. The number of halogens is 1. The van der Waals surface area contributed by atoms with E-state index in [9.17, 15) is 9.59 Å². The number of carbonyl (C=O) groups is 2. The van der Waals surface area contributed by atoms with Crippen LogP contribution in [0.5, 0.6) is 0 Å². The zero-order valence-electron chi connectivity index (χ0n) is 10.7. The molecule has 0 aromatic carbocycles. The van der Waals surface area contributed by atoms with Crippen molar-refractivity contribution in [1.82, 2.24) is 0 Å². The van der Waals surface area contributed by atoms with Gasteiger partial charge in [0.25, 0.3) is 0 Å². The number of carbonyl (C=O) groups excluding carboxylic acids is 2. The Labute approximate surface area is 117 Å². The molecule has 100 valence electrons. The molecule has 0 spiro atoms. The fourth-order valence-electron chi connectivity index (χ4n) is 1.74. The Balaban J connectivity index is 2.22. The predicted octanol–water partition coefficient (Wildman–Crippen LogP) is 4.90. The summed E-state index contributed by atoms with van der Waals surface area (Å²) < 4.78 is 0.588. The summed E-state index contributed by atoms with van der Waals surface area (Å²) in [5.74, 6) is -0.0634. The molecule has 0 amide bonds. The van der Waals surface area contributed by atoms with Crippen molar-refractivity contribution in [1.29, 1.82) is 0 Å². The van der Waals surface area contributed by atoms with E-state index in [4.69, 9.17) is 11.6 Å². The lowest BCUT2D eigenvalue weighted by Crippen LogP contribution is -2.06. The van der Waals surface area contributed by atoms with Crippen molar-refractivity contribution in [3.63, 3.8) is 0 Å². The van der Waals surface area contributed by atoms with Gasteiger partial charge in [-0.15, -0.1) is 11.3 Å². The minimum atomic E-state index is -0.106. The van der Waals surface area contributed by atoms with E-state index in [1.54, 1.807) is 12.1 Å². The Morgan fingerprint density at radius 3 is 2.50 bits per heavy atom. The van der Waals surface area contributed by atoms with Gasteiger partial charge in [0.05, 0.1) is 15.6 Å². The fourth-order valence-corrected chi connectivity index (χ4v) is 2.73. The van der Waals surface area contributed by atoms with Crippen LogP contribution in [0.3, 0.4) is 0 Å². The maximum Gasteiger partial charge on any atom is 0.180 e. The first-order chi connectivity index (χ1) is 8.63. The Morgan fingerprint density at radius 2 is 1.89 bits per heavy atom. The number of hydrogen-bond acceptors (Lipinski definition) is 3. The highest BCUT2D eigenvalue weighted by Gasteiger charge is 2.13. The molecule has 0 N–H and O–H groups in total. The number of rotatable bonds is 9. The third kappa shape index (κ3) is 5.78. The highest BCUT2D eigenvalue weighted by atomic mass is 35.5. The van der Waals surface area contributed by atoms with Gasteiger partial charge in [0, 0.05) is 6.42 Å². The molecule has 18 heavy (non-hydrogen) atoms. The van der Waals surface area contributed by atoms with Crippen LogP contribution in [0, 0.1) is 0 Å².